The maximum atomic E-state index is 4.33. The Morgan fingerprint density at radius 2 is 2.19 bits per heavy atom. The Hall–Kier alpha value is -2.27. The maximum absolute atomic E-state index is 4.33. The summed E-state index contributed by atoms with van der Waals surface area (Å²) in [6.07, 6.45) is 6.52. The van der Waals surface area contributed by atoms with Crippen molar-refractivity contribution in [2.24, 2.45) is 5.92 Å². The Morgan fingerprint density at radius 1 is 1.24 bits per heavy atom. The molecule has 0 spiro atoms. The van der Waals surface area contributed by atoms with E-state index in [0.29, 0.717) is 0 Å². The lowest BCUT2D eigenvalue weighted by atomic mass is 10.2. The summed E-state index contributed by atoms with van der Waals surface area (Å²) < 4.78 is 1.82. The highest BCUT2D eigenvalue weighted by atomic mass is 15.4. The topological polar surface area (TPSA) is 55.6 Å². The Balaban J connectivity index is 1.52. The molecule has 5 nitrogen and oxygen atoms in total. The van der Waals surface area contributed by atoms with Crippen LogP contribution < -0.4 is 5.32 Å². The summed E-state index contributed by atoms with van der Waals surface area (Å²) in [4.78, 5) is 4.33. The molecule has 1 aromatic carbocycles. The van der Waals surface area contributed by atoms with Crippen LogP contribution in [0.5, 0.6) is 0 Å². The quantitative estimate of drug-likeness (QED) is 0.778. The monoisotopic (exact) mass is 279 g/mol. The van der Waals surface area contributed by atoms with Crippen LogP contribution in [0.3, 0.4) is 0 Å². The molecule has 2 heterocycles. The molecule has 2 aromatic heterocycles. The molecule has 106 valence electrons. The Kier molecular flexibility index (Phi) is 3.12. The van der Waals surface area contributed by atoms with Gasteiger partial charge >= 0.3 is 0 Å². The highest BCUT2D eigenvalue weighted by molar-refractivity contribution is 5.80. The Labute approximate surface area is 123 Å². The maximum Gasteiger partial charge on any atom is 0.0969 e. The van der Waals surface area contributed by atoms with Crippen LogP contribution >= 0.6 is 0 Å². The average Bonchev–Trinajstić information content (AvgIpc) is 3.23. The molecule has 0 saturated heterocycles. The van der Waals surface area contributed by atoms with Crippen LogP contribution in [0.2, 0.25) is 0 Å². The van der Waals surface area contributed by atoms with Crippen molar-refractivity contribution in [3.63, 3.8) is 0 Å². The van der Waals surface area contributed by atoms with Crippen LogP contribution in [-0.2, 0) is 6.54 Å². The number of pyridine rings is 1. The highest BCUT2D eigenvalue weighted by Crippen LogP contribution is 2.27. The van der Waals surface area contributed by atoms with Gasteiger partial charge in [0.05, 0.1) is 23.1 Å². The van der Waals surface area contributed by atoms with Crippen molar-refractivity contribution in [3.05, 3.63) is 48.4 Å². The third-order valence-electron chi connectivity index (χ3n) is 3.83. The third-order valence-corrected chi connectivity index (χ3v) is 3.83. The smallest absolute Gasteiger partial charge is 0.0969 e. The number of benzene rings is 1. The van der Waals surface area contributed by atoms with Crippen molar-refractivity contribution >= 4 is 10.9 Å². The molecule has 21 heavy (non-hydrogen) atoms. The zero-order chi connectivity index (χ0) is 14.1. The second-order valence-electron chi connectivity index (χ2n) is 5.61. The summed E-state index contributed by atoms with van der Waals surface area (Å²) in [6.45, 7) is 1.88. The van der Waals surface area contributed by atoms with Crippen LogP contribution in [0.1, 0.15) is 18.5 Å². The number of rotatable bonds is 5. The minimum atomic E-state index is 0.783. The van der Waals surface area contributed by atoms with Crippen molar-refractivity contribution in [1.29, 1.82) is 0 Å². The fourth-order valence-corrected chi connectivity index (χ4v) is 2.44. The van der Waals surface area contributed by atoms with Crippen molar-refractivity contribution < 1.29 is 0 Å². The molecule has 5 heteroatoms. The van der Waals surface area contributed by atoms with E-state index in [0.717, 1.165) is 41.3 Å². The van der Waals surface area contributed by atoms with Gasteiger partial charge in [0.15, 0.2) is 0 Å². The van der Waals surface area contributed by atoms with Gasteiger partial charge in [-0.25, -0.2) is 4.68 Å². The standard InChI is InChI=1S/C16H17N5/c1-2-13-8-15(5-6-16(13)18-7-1)21-11-14(19-20-21)10-17-9-12-3-4-12/h1-2,5-8,11-12,17H,3-4,9-10H2. The third kappa shape index (κ3) is 2.78. The number of hydrogen-bond donors (Lipinski definition) is 1. The predicted molar refractivity (Wildman–Crippen MR) is 81.1 cm³/mol. The van der Waals surface area contributed by atoms with Gasteiger partial charge in [0, 0.05) is 18.1 Å². The number of nitrogens with zero attached hydrogens (tertiary/aromatic N) is 4. The number of hydrogen-bond acceptors (Lipinski definition) is 4. The number of fused-ring (bicyclic) bond motifs is 1. The first-order chi connectivity index (χ1) is 10.4. The van der Waals surface area contributed by atoms with Crippen molar-refractivity contribution in [1.82, 2.24) is 25.3 Å². The summed E-state index contributed by atoms with van der Waals surface area (Å²) in [5.41, 5.74) is 2.98. The van der Waals surface area contributed by atoms with Crippen LogP contribution in [0.25, 0.3) is 16.6 Å². The second-order valence-corrected chi connectivity index (χ2v) is 5.61. The molecule has 1 saturated carbocycles. The largest absolute Gasteiger partial charge is 0.311 e. The minimum absolute atomic E-state index is 0.783. The molecule has 1 N–H and O–H groups in total. The zero-order valence-electron chi connectivity index (χ0n) is 11.7. The summed E-state index contributed by atoms with van der Waals surface area (Å²) in [5, 5.41) is 13.0. The summed E-state index contributed by atoms with van der Waals surface area (Å²) in [6, 6.07) is 10.1. The normalized spacial score (nSPS) is 14.7. The van der Waals surface area contributed by atoms with Gasteiger partial charge in [-0.3, -0.25) is 4.98 Å². The Morgan fingerprint density at radius 3 is 3.10 bits per heavy atom. The van der Waals surface area contributed by atoms with Crippen LogP contribution in [-0.4, -0.2) is 26.5 Å². The van der Waals surface area contributed by atoms with E-state index in [4.69, 9.17) is 0 Å². The molecule has 0 radical (unpaired) electrons. The van der Waals surface area contributed by atoms with Gasteiger partial charge in [-0.1, -0.05) is 11.3 Å². The first-order valence-electron chi connectivity index (χ1n) is 7.35. The fourth-order valence-electron chi connectivity index (χ4n) is 2.44. The molecule has 0 bridgehead atoms. The molecule has 0 atom stereocenters. The molecule has 1 aliphatic carbocycles. The van der Waals surface area contributed by atoms with E-state index < -0.39 is 0 Å². The van der Waals surface area contributed by atoms with E-state index in [1.165, 1.54) is 12.8 Å². The van der Waals surface area contributed by atoms with Gasteiger partial charge in [-0.15, -0.1) is 5.10 Å². The van der Waals surface area contributed by atoms with E-state index in [1.807, 2.05) is 29.1 Å². The number of nitrogens with one attached hydrogen (secondary N) is 1. The van der Waals surface area contributed by atoms with Crippen molar-refractivity contribution in [3.8, 4) is 5.69 Å². The van der Waals surface area contributed by atoms with Gasteiger partial charge in [-0.05, 0) is 49.6 Å². The first-order valence-corrected chi connectivity index (χ1v) is 7.35. The molecule has 1 aliphatic rings. The minimum Gasteiger partial charge on any atom is -0.311 e. The van der Waals surface area contributed by atoms with Gasteiger partial charge in [0.1, 0.15) is 0 Å². The highest BCUT2D eigenvalue weighted by Gasteiger charge is 2.20. The van der Waals surface area contributed by atoms with Crippen LogP contribution in [0.15, 0.2) is 42.7 Å². The Bertz CT molecular complexity index is 760. The van der Waals surface area contributed by atoms with E-state index in [9.17, 15) is 0 Å². The van der Waals surface area contributed by atoms with Crippen molar-refractivity contribution in [2.75, 3.05) is 6.54 Å². The zero-order valence-corrected chi connectivity index (χ0v) is 11.7. The van der Waals surface area contributed by atoms with Gasteiger partial charge in [-0.2, -0.15) is 0 Å². The summed E-state index contributed by atoms with van der Waals surface area (Å²) in [7, 11) is 0. The summed E-state index contributed by atoms with van der Waals surface area (Å²) in [5.74, 6) is 0.882. The molecule has 0 amide bonds. The molecule has 0 unspecified atom stereocenters. The molecular formula is C16H17N5. The predicted octanol–water partition coefficient (Wildman–Crippen LogP) is 2.32. The SMILES string of the molecule is c1cnc2ccc(-n3cc(CNCC4CC4)nn3)cc2c1. The first kappa shape index (κ1) is 12.5. The summed E-state index contributed by atoms with van der Waals surface area (Å²) >= 11 is 0. The van der Waals surface area contributed by atoms with E-state index in [2.05, 4.69) is 32.7 Å². The van der Waals surface area contributed by atoms with Gasteiger partial charge in [0.2, 0.25) is 0 Å². The van der Waals surface area contributed by atoms with E-state index >= 15 is 0 Å². The molecular weight excluding hydrogens is 262 g/mol. The lowest BCUT2D eigenvalue weighted by Crippen LogP contribution is -2.16. The molecule has 3 aromatic rings. The van der Waals surface area contributed by atoms with Crippen molar-refractivity contribution in [2.45, 2.75) is 19.4 Å². The van der Waals surface area contributed by atoms with Crippen LogP contribution in [0.4, 0.5) is 0 Å². The molecule has 1 fully saturated rings. The number of aromatic nitrogens is 4. The van der Waals surface area contributed by atoms with E-state index in [-0.39, 0.29) is 0 Å². The van der Waals surface area contributed by atoms with Gasteiger partial charge < -0.3 is 5.32 Å². The van der Waals surface area contributed by atoms with Gasteiger partial charge in [0.25, 0.3) is 0 Å². The molecule has 0 aliphatic heterocycles. The molecule has 4 rings (SSSR count). The van der Waals surface area contributed by atoms with Crippen LogP contribution in [0, 0.1) is 5.92 Å². The lowest BCUT2D eigenvalue weighted by molar-refractivity contribution is 0.628. The fraction of sp³-hybridized carbons (Fsp3) is 0.312. The van der Waals surface area contributed by atoms with E-state index in [1.54, 1.807) is 6.20 Å². The average molecular weight is 279 g/mol. The lowest BCUT2D eigenvalue weighted by Gasteiger charge is -2.02. The second kappa shape index (κ2) is 5.26.